The van der Waals surface area contributed by atoms with Crippen molar-refractivity contribution in [1.82, 2.24) is 4.90 Å². The van der Waals surface area contributed by atoms with E-state index in [4.69, 9.17) is 9.47 Å². The van der Waals surface area contributed by atoms with Crippen LogP contribution in [0.15, 0.2) is 54.6 Å². The van der Waals surface area contributed by atoms with Gasteiger partial charge in [-0.2, -0.15) is 0 Å². The molecule has 1 amide bonds. The van der Waals surface area contributed by atoms with E-state index in [1.54, 1.807) is 4.90 Å². The number of amides is 1. The molecule has 2 atom stereocenters. The van der Waals surface area contributed by atoms with Crippen molar-refractivity contribution in [3.63, 3.8) is 0 Å². The molecule has 4 heteroatoms. The molecule has 2 unspecified atom stereocenters. The van der Waals surface area contributed by atoms with E-state index >= 15 is 0 Å². The predicted molar refractivity (Wildman–Crippen MR) is 97.9 cm³/mol. The van der Waals surface area contributed by atoms with Crippen LogP contribution in [0.5, 0.6) is 5.75 Å². The lowest BCUT2D eigenvalue weighted by Gasteiger charge is -2.25. The highest BCUT2D eigenvalue weighted by atomic mass is 16.5. The number of carbonyl (C=O) groups is 1. The molecule has 2 aromatic rings. The molecule has 1 fully saturated rings. The van der Waals surface area contributed by atoms with Gasteiger partial charge in [-0.3, -0.25) is 4.79 Å². The summed E-state index contributed by atoms with van der Waals surface area (Å²) in [6, 6.07) is 17.4. The third-order valence-corrected chi connectivity index (χ3v) is 4.72. The second-order valence-electron chi connectivity index (χ2n) is 6.48. The fourth-order valence-corrected chi connectivity index (χ4v) is 3.02. The quantitative estimate of drug-likeness (QED) is 0.796. The Bertz CT molecular complexity index is 695. The lowest BCUT2D eigenvalue weighted by atomic mass is 10.1. The van der Waals surface area contributed by atoms with Gasteiger partial charge >= 0.3 is 0 Å². The van der Waals surface area contributed by atoms with Gasteiger partial charge in [-0.05, 0) is 43.5 Å². The summed E-state index contributed by atoms with van der Waals surface area (Å²) in [7, 11) is 1.83. The van der Waals surface area contributed by atoms with Gasteiger partial charge in [0, 0.05) is 19.2 Å². The third kappa shape index (κ3) is 4.40. The van der Waals surface area contributed by atoms with Crippen molar-refractivity contribution in [2.75, 3.05) is 20.3 Å². The second-order valence-corrected chi connectivity index (χ2v) is 6.48. The van der Waals surface area contributed by atoms with Gasteiger partial charge in [-0.15, -0.1) is 0 Å². The minimum Gasteiger partial charge on any atom is -0.491 e. The number of nitrogens with zero attached hydrogens (tertiary/aromatic N) is 1. The Kier molecular flexibility index (Phi) is 5.71. The molecule has 0 radical (unpaired) electrons. The Morgan fingerprint density at radius 2 is 2.04 bits per heavy atom. The Morgan fingerprint density at radius 3 is 2.76 bits per heavy atom. The summed E-state index contributed by atoms with van der Waals surface area (Å²) in [6.45, 7) is 3.38. The lowest BCUT2D eigenvalue weighted by molar-refractivity contribution is 0.0677. The van der Waals surface area contributed by atoms with Gasteiger partial charge in [-0.1, -0.05) is 36.4 Å². The zero-order valence-electron chi connectivity index (χ0n) is 14.9. The summed E-state index contributed by atoms with van der Waals surface area (Å²) in [5, 5.41) is 0. The number of rotatable bonds is 6. The van der Waals surface area contributed by atoms with Gasteiger partial charge in [0.1, 0.15) is 12.4 Å². The highest BCUT2D eigenvalue weighted by Crippen LogP contribution is 2.22. The summed E-state index contributed by atoms with van der Waals surface area (Å²) < 4.78 is 11.4. The van der Waals surface area contributed by atoms with Crippen LogP contribution in [0.25, 0.3) is 0 Å². The van der Waals surface area contributed by atoms with Crippen LogP contribution in [0, 0.1) is 0 Å². The van der Waals surface area contributed by atoms with Crippen LogP contribution < -0.4 is 4.74 Å². The van der Waals surface area contributed by atoms with Crippen molar-refractivity contribution in [3.05, 3.63) is 65.7 Å². The predicted octanol–water partition coefficient (Wildman–Crippen LogP) is 4.08. The van der Waals surface area contributed by atoms with Gasteiger partial charge in [0.2, 0.25) is 0 Å². The molecule has 1 aliphatic heterocycles. The summed E-state index contributed by atoms with van der Waals surface area (Å²) in [5.41, 5.74) is 1.75. The molecule has 4 nitrogen and oxygen atoms in total. The van der Waals surface area contributed by atoms with Crippen molar-refractivity contribution >= 4 is 5.91 Å². The smallest absolute Gasteiger partial charge is 0.254 e. The molecule has 3 rings (SSSR count). The highest BCUT2D eigenvalue weighted by molar-refractivity contribution is 5.94. The highest BCUT2D eigenvalue weighted by Gasteiger charge is 2.20. The Hall–Kier alpha value is -2.33. The van der Waals surface area contributed by atoms with Gasteiger partial charge < -0.3 is 14.4 Å². The summed E-state index contributed by atoms with van der Waals surface area (Å²) in [6.07, 6.45) is 2.30. The fraction of sp³-hybridized carbons (Fsp3) is 0.381. The maximum Gasteiger partial charge on any atom is 0.254 e. The summed E-state index contributed by atoms with van der Waals surface area (Å²) in [5.74, 6) is 0.695. The minimum atomic E-state index is -0.0149. The van der Waals surface area contributed by atoms with E-state index < -0.39 is 0 Å². The summed E-state index contributed by atoms with van der Waals surface area (Å²) in [4.78, 5) is 14.6. The number of benzene rings is 2. The van der Waals surface area contributed by atoms with Crippen molar-refractivity contribution in [2.45, 2.75) is 31.9 Å². The standard InChI is InChI=1S/C21H25NO3/c1-16(17-8-4-3-5-9-17)22(2)21(23)18-10-6-11-19(14-18)25-15-20-12-7-13-24-20/h3-6,8-11,14,16,20H,7,12-13,15H2,1-2H3. The van der Waals surface area contributed by atoms with Crippen LogP contribution >= 0.6 is 0 Å². The molecule has 0 N–H and O–H groups in total. The molecule has 0 spiro atoms. The van der Waals surface area contributed by atoms with E-state index in [1.165, 1.54) is 0 Å². The maximum absolute atomic E-state index is 12.8. The molecule has 0 aromatic heterocycles. The van der Waals surface area contributed by atoms with E-state index in [2.05, 4.69) is 0 Å². The molecule has 1 heterocycles. The van der Waals surface area contributed by atoms with Gasteiger partial charge in [0.15, 0.2) is 0 Å². The Morgan fingerprint density at radius 1 is 1.24 bits per heavy atom. The molecular formula is C21H25NO3. The normalized spacial score (nSPS) is 17.9. The monoisotopic (exact) mass is 339 g/mol. The molecule has 1 aliphatic rings. The number of ether oxygens (including phenoxy) is 2. The van der Waals surface area contributed by atoms with Crippen molar-refractivity contribution in [2.24, 2.45) is 0 Å². The molecule has 132 valence electrons. The van der Waals surface area contributed by atoms with Crippen LogP contribution in [0.3, 0.4) is 0 Å². The van der Waals surface area contributed by atoms with Crippen molar-refractivity contribution in [3.8, 4) is 5.75 Å². The van der Waals surface area contributed by atoms with E-state index in [1.807, 2.05) is 68.6 Å². The molecule has 0 bridgehead atoms. The van der Waals surface area contributed by atoms with Crippen LogP contribution in [0.2, 0.25) is 0 Å². The van der Waals surface area contributed by atoms with E-state index in [9.17, 15) is 4.79 Å². The first-order valence-electron chi connectivity index (χ1n) is 8.81. The largest absolute Gasteiger partial charge is 0.491 e. The third-order valence-electron chi connectivity index (χ3n) is 4.72. The minimum absolute atomic E-state index is 0.00478. The zero-order valence-corrected chi connectivity index (χ0v) is 14.9. The number of hydrogen-bond donors (Lipinski definition) is 0. The van der Waals surface area contributed by atoms with Crippen molar-refractivity contribution in [1.29, 1.82) is 0 Å². The first kappa shape index (κ1) is 17.5. The second kappa shape index (κ2) is 8.17. The maximum atomic E-state index is 12.8. The topological polar surface area (TPSA) is 38.8 Å². The summed E-state index contributed by atoms with van der Waals surface area (Å²) >= 11 is 0. The van der Waals surface area contributed by atoms with E-state index in [0.29, 0.717) is 17.9 Å². The molecule has 25 heavy (non-hydrogen) atoms. The molecule has 0 saturated carbocycles. The van der Waals surface area contributed by atoms with Crippen molar-refractivity contribution < 1.29 is 14.3 Å². The molecule has 0 aliphatic carbocycles. The zero-order chi connectivity index (χ0) is 17.6. The van der Waals surface area contributed by atoms with Crippen LogP contribution in [0.1, 0.15) is 41.7 Å². The van der Waals surface area contributed by atoms with Crippen LogP contribution in [-0.4, -0.2) is 37.2 Å². The molecular weight excluding hydrogens is 314 g/mol. The van der Waals surface area contributed by atoms with Crippen LogP contribution in [-0.2, 0) is 4.74 Å². The average Bonchev–Trinajstić information content (AvgIpc) is 3.19. The number of hydrogen-bond acceptors (Lipinski definition) is 3. The lowest BCUT2D eigenvalue weighted by Crippen LogP contribution is -2.29. The average molecular weight is 339 g/mol. The molecule has 2 aromatic carbocycles. The van der Waals surface area contributed by atoms with E-state index in [-0.39, 0.29) is 18.1 Å². The van der Waals surface area contributed by atoms with Gasteiger partial charge in [0.25, 0.3) is 5.91 Å². The fourth-order valence-electron chi connectivity index (χ4n) is 3.02. The van der Waals surface area contributed by atoms with E-state index in [0.717, 1.165) is 25.0 Å². The Labute approximate surface area is 149 Å². The molecule has 1 saturated heterocycles. The number of carbonyl (C=O) groups excluding carboxylic acids is 1. The van der Waals surface area contributed by atoms with Gasteiger partial charge in [-0.25, -0.2) is 0 Å². The Balaban J connectivity index is 1.65. The first-order chi connectivity index (χ1) is 12.1. The first-order valence-corrected chi connectivity index (χ1v) is 8.81. The van der Waals surface area contributed by atoms with Gasteiger partial charge in [0.05, 0.1) is 12.1 Å². The van der Waals surface area contributed by atoms with Crippen LogP contribution in [0.4, 0.5) is 0 Å². The SMILES string of the molecule is CC(c1ccccc1)N(C)C(=O)c1cccc(OCC2CCCO2)c1.